The molecule has 0 aromatic carbocycles. The first-order valence-electron chi connectivity index (χ1n) is 6.95. The third-order valence-corrected chi connectivity index (χ3v) is 6.42. The van der Waals surface area contributed by atoms with E-state index >= 15 is 0 Å². The molecular formula is C13H23N3O3S2. The van der Waals surface area contributed by atoms with Crippen LogP contribution in [0.3, 0.4) is 0 Å². The summed E-state index contributed by atoms with van der Waals surface area (Å²) in [5.74, 6) is -0.429. The fraction of sp³-hybridized carbons (Fsp3) is 0.615. The predicted octanol–water partition coefficient (Wildman–Crippen LogP) is 2.08. The molecule has 21 heavy (non-hydrogen) atoms. The quantitative estimate of drug-likeness (QED) is 0.709. The summed E-state index contributed by atoms with van der Waals surface area (Å²) < 4.78 is 24.6. The summed E-state index contributed by atoms with van der Waals surface area (Å²) in [6.07, 6.45) is 1.71. The molecule has 1 amide bonds. The molecule has 1 rings (SSSR count). The zero-order valence-electron chi connectivity index (χ0n) is 12.8. The van der Waals surface area contributed by atoms with Crippen LogP contribution < -0.4 is 16.4 Å². The average molecular weight is 333 g/mol. The summed E-state index contributed by atoms with van der Waals surface area (Å²) in [5.41, 5.74) is 5.97. The van der Waals surface area contributed by atoms with E-state index in [-0.39, 0.29) is 33.2 Å². The van der Waals surface area contributed by atoms with E-state index in [0.29, 0.717) is 5.00 Å². The molecule has 0 bridgehead atoms. The van der Waals surface area contributed by atoms with E-state index in [2.05, 4.69) is 10.6 Å². The Hall–Kier alpha value is -1.28. The van der Waals surface area contributed by atoms with Crippen LogP contribution in [0.15, 0.2) is 4.90 Å². The van der Waals surface area contributed by atoms with Crippen molar-refractivity contribution < 1.29 is 13.2 Å². The first kappa shape index (κ1) is 17.8. The number of amides is 1. The number of hydrogen-bond donors (Lipinski definition) is 3. The van der Waals surface area contributed by atoms with Gasteiger partial charge in [-0.3, -0.25) is 4.79 Å². The zero-order chi connectivity index (χ0) is 16.2. The minimum absolute atomic E-state index is 0.0367. The summed E-state index contributed by atoms with van der Waals surface area (Å²) in [5, 5.41) is 6.15. The molecule has 1 aromatic rings. The third-order valence-electron chi connectivity index (χ3n) is 3.34. The van der Waals surface area contributed by atoms with Gasteiger partial charge in [0.15, 0.2) is 9.84 Å². The Morgan fingerprint density at radius 1 is 1.29 bits per heavy atom. The highest BCUT2D eigenvalue weighted by atomic mass is 32.2. The van der Waals surface area contributed by atoms with Crippen LogP contribution in [0.2, 0.25) is 0 Å². The number of thiophene rings is 1. The number of anilines is 2. The number of nitrogens with two attached hydrogens (primary N) is 1. The Morgan fingerprint density at radius 3 is 2.29 bits per heavy atom. The molecule has 0 aliphatic rings. The van der Waals surface area contributed by atoms with Crippen molar-refractivity contribution in [3.05, 3.63) is 4.88 Å². The highest BCUT2D eigenvalue weighted by molar-refractivity contribution is 7.91. The van der Waals surface area contributed by atoms with E-state index < -0.39 is 9.84 Å². The Balaban J connectivity index is 3.44. The standard InChI is InChI=1S/C13H23N3O3S2/c1-5-8(6-2)16-13-11(21(18,19)7-3)9(14)10(20-13)12(17)15-4/h8,16H,5-7,14H2,1-4H3,(H,15,17). The van der Waals surface area contributed by atoms with Crippen LogP contribution in [0.5, 0.6) is 0 Å². The maximum absolute atomic E-state index is 12.3. The van der Waals surface area contributed by atoms with E-state index in [0.717, 1.165) is 24.2 Å². The minimum atomic E-state index is -3.50. The Kier molecular flexibility index (Phi) is 6.03. The molecule has 120 valence electrons. The van der Waals surface area contributed by atoms with Crippen molar-refractivity contribution in [2.45, 2.75) is 44.6 Å². The smallest absolute Gasteiger partial charge is 0.263 e. The van der Waals surface area contributed by atoms with Crippen LogP contribution in [0.25, 0.3) is 0 Å². The molecule has 0 saturated carbocycles. The molecule has 0 radical (unpaired) electrons. The summed E-state index contributed by atoms with van der Waals surface area (Å²) in [7, 11) is -2.01. The number of sulfone groups is 1. The molecule has 0 saturated heterocycles. The van der Waals surface area contributed by atoms with Crippen molar-refractivity contribution in [2.75, 3.05) is 23.9 Å². The van der Waals surface area contributed by atoms with Crippen LogP contribution >= 0.6 is 11.3 Å². The second-order valence-electron chi connectivity index (χ2n) is 4.64. The Labute approximate surface area is 130 Å². The lowest BCUT2D eigenvalue weighted by molar-refractivity contribution is 0.0968. The largest absolute Gasteiger partial charge is 0.396 e. The average Bonchev–Trinajstić information content (AvgIpc) is 2.81. The highest BCUT2D eigenvalue weighted by Crippen LogP contribution is 2.40. The molecule has 0 atom stereocenters. The van der Waals surface area contributed by atoms with Crippen LogP contribution in [-0.2, 0) is 9.84 Å². The van der Waals surface area contributed by atoms with Gasteiger partial charge in [-0.15, -0.1) is 11.3 Å². The number of carbonyl (C=O) groups excluding carboxylic acids is 1. The molecule has 0 aliphatic heterocycles. The maximum Gasteiger partial charge on any atom is 0.263 e. The van der Waals surface area contributed by atoms with Gasteiger partial charge < -0.3 is 16.4 Å². The van der Waals surface area contributed by atoms with Crippen molar-refractivity contribution in [3.63, 3.8) is 0 Å². The fourth-order valence-corrected chi connectivity index (χ4v) is 4.61. The minimum Gasteiger partial charge on any atom is -0.396 e. The van der Waals surface area contributed by atoms with Crippen molar-refractivity contribution in [3.8, 4) is 0 Å². The maximum atomic E-state index is 12.3. The number of nitrogens with one attached hydrogen (secondary N) is 2. The van der Waals surface area contributed by atoms with Gasteiger partial charge in [0.2, 0.25) is 0 Å². The van der Waals surface area contributed by atoms with Gasteiger partial charge in [-0.1, -0.05) is 20.8 Å². The molecule has 6 nitrogen and oxygen atoms in total. The molecule has 0 aliphatic carbocycles. The van der Waals surface area contributed by atoms with Gasteiger partial charge in [-0.05, 0) is 12.8 Å². The molecule has 0 unspecified atom stereocenters. The highest BCUT2D eigenvalue weighted by Gasteiger charge is 2.29. The SMILES string of the molecule is CCC(CC)Nc1sc(C(=O)NC)c(N)c1S(=O)(=O)CC. The zero-order valence-corrected chi connectivity index (χ0v) is 14.5. The van der Waals surface area contributed by atoms with Crippen LogP contribution in [0, 0.1) is 0 Å². The van der Waals surface area contributed by atoms with Crippen molar-refractivity contribution in [2.24, 2.45) is 0 Å². The lowest BCUT2D eigenvalue weighted by atomic mass is 10.2. The summed E-state index contributed by atoms with van der Waals surface area (Å²) in [6.45, 7) is 5.60. The van der Waals surface area contributed by atoms with E-state index in [1.807, 2.05) is 13.8 Å². The van der Waals surface area contributed by atoms with Crippen molar-refractivity contribution in [1.82, 2.24) is 5.32 Å². The molecule has 1 aromatic heterocycles. The molecule has 4 N–H and O–H groups in total. The molecule has 0 spiro atoms. The van der Waals surface area contributed by atoms with Crippen LogP contribution in [0.4, 0.5) is 10.7 Å². The normalized spacial score (nSPS) is 11.7. The van der Waals surface area contributed by atoms with Gasteiger partial charge in [-0.25, -0.2) is 8.42 Å². The van der Waals surface area contributed by atoms with Gasteiger partial charge in [0.05, 0.1) is 11.4 Å². The number of nitrogen functional groups attached to an aromatic ring is 1. The number of hydrogen-bond acceptors (Lipinski definition) is 6. The number of rotatable bonds is 7. The van der Waals surface area contributed by atoms with E-state index in [1.54, 1.807) is 6.92 Å². The summed E-state index contributed by atoms with van der Waals surface area (Å²) in [6, 6.07) is 0.145. The second kappa shape index (κ2) is 7.13. The van der Waals surface area contributed by atoms with Crippen molar-refractivity contribution >= 4 is 37.8 Å². The first-order valence-corrected chi connectivity index (χ1v) is 9.42. The topological polar surface area (TPSA) is 101 Å². The molecule has 0 fully saturated rings. The lowest BCUT2D eigenvalue weighted by Crippen LogP contribution is -2.19. The van der Waals surface area contributed by atoms with Gasteiger partial charge in [0.25, 0.3) is 5.91 Å². The summed E-state index contributed by atoms with van der Waals surface area (Å²) >= 11 is 1.09. The van der Waals surface area contributed by atoms with E-state index in [9.17, 15) is 13.2 Å². The van der Waals surface area contributed by atoms with Gasteiger partial charge in [0.1, 0.15) is 14.8 Å². The monoisotopic (exact) mass is 333 g/mol. The van der Waals surface area contributed by atoms with Crippen LogP contribution in [-0.4, -0.2) is 33.2 Å². The molecule has 8 heteroatoms. The Morgan fingerprint density at radius 2 is 1.86 bits per heavy atom. The van der Waals surface area contributed by atoms with Crippen molar-refractivity contribution in [1.29, 1.82) is 0 Å². The molecular weight excluding hydrogens is 310 g/mol. The number of carbonyl (C=O) groups is 1. The molecule has 1 heterocycles. The van der Waals surface area contributed by atoms with Gasteiger partial charge >= 0.3 is 0 Å². The first-order chi connectivity index (χ1) is 9.82. The third kappa shape index (κ3) is 3.68. The fourth-order valence-electron chi connectivity index (χ4n) is 1.94. The van der Waals surface area contributed by atoms with Crippen LogP contribution in [0.1, 0.15) is 43.3 Å². The van der Waals surface area contributed by atoms with E-state index in [1.165, 1.54) is 7.05 Å². The predicted molar refractivity (Wildman–Crippen MR) is 87.8 cm³/mol. The second-order valence-corrected chi connectivity index (χ2v) is 7.88. The van der Waals surface area contributed by atoms with Gasteiger partial charge in [0, 0.05) is 13.1 Å². The summed E-state index contributed by atoms with van der Waals surface area (Å²) in [4.78, 5) is 12.1. The van der Waals surface area contributed by atoms with E-state index in [4.69, 9.17) is 5.73 Å². The Bertz CT molecular complexity index is 604. The lowest BCUT2D eigenvalue weighted by Gasteiger charge is -2.16. The van der Waals surface area contributed by atoms with Gasteiger partial charge in [-0.2, -0.15) is 0 Å².